The van der Waals surface area contributed by atoms with E-state index in [0.29, 0.717) is 11.1 Å². The average Bonchev–Trinajstić information content (AvgIpc) is 2.38. The fourth-order valence-corrected chi connectivity index (χ4v) is 2.09. The maximum atomic E-state index is 13.8. The summed E-state index contributed by atoms with van der Waals surface area (Å²) in [6.45, 7) is 1.63. The number of rotatable bonds is 3. The Morgan fingerprint density at radius 2 is 1.63 bits per heavy atom. The highest BCUT2D eigenvalue weighted by Crippen LogP contribution is 2.26. The molecule has 2 rings (SSSR count). The second-order valence-corrected chi connectivity index (χ2v) is 4.40. The fraction of sp³-hybridized carbons (Fsp3) is 0.200. The molecule has 2 aromatic carbocycles. The van der Waals surface area contributed by atoms with Crippen molar-refractivity contribution < 1.29 is 13.2 Å². The van der Waals surface area contributed by atoms with Crippen molar-refractivity contribution in [3.05, 3.63) is 70.5 Å². The van der Waals surface area contributed by atoms with E-state index in [0.717, 1.165) is 18.2 Å². The third kappa shape index (κ3) is 2.79. The molecule has 0 radical (unpaired) electrons. The number of halogens is 3. The Morgan fingerprint density at radius 1 is 0.947 bits per heavy atom. The van der Waals surface area contributed by atoms with E-state index < -0.39 is 17.7 Å². The summed E-state index contributed by atoms with van der Waals surface area (Å²) in [7, 11) is 1.65. The molecule has 100 valence electrons. The molecule has 0 saturated carbocycles. The summed E-state index contributed by atoms with van der Waals surface area (Å²) in [5.41, 5.74) is 1.36. The van der Waals surface area contributed by atoms with Crippen molar-refractivity contribution in [3.63, 3.8) is 0 Å². The summed E-state index contributed by atoms with van der Waals surface area (Å²) in [6, 6.07) is 7.30. The van der Waals surface area contributed by atoms with E-state index in [1.165, 1.54) is 6.07 Å². The van der Waals surface area contributed by atoms with Crippen LogP contribution in [0.3, 0.4) is 0 Å². The molecule has 1 unspecified atom stereocenters. The van der Waals surface area contributed by atoms with Crippen molar-refractivity contribution in [1.29, 1.82) is 0 Å². The lowest BCUT2D eigenvalue weighted by Gasteiger charge is -2.18. The molecule has 0 heterocycles. The minimum atomic E-state index is -0.519. The number of aryl methyl sites for hydroxylation is 1. The van der Waals surface area contributed by atoms with E-state index in [-0.39, 0.29) is 11.4 Å². The number of hydrogen-bond acceptors (Lipinski definition) is 1. The summed E-state index contributed by atoms with van der Waals surface area (Å²) in [5, 5.41) is 2.92. The van der Waals surface area contributed by atoms with Crippen LogP contribution in [-0.4, -0.2) is 7.05 Å². The molecule has 1 nitrogen and oxygen atoms in total. The fourth-order valence-electron chi connectivity index (χ4n) is 2.09. The van der Waals surface area contributed by atoms with Crippen LogP contribution in [0.4, 0.5) is 13.2 Å². The smallest absolute Gasteiger partial charge is 0.128 e. The molecule has 0 aliphatic heterocycles. The second-order valence-electron chi connectivity index (χ2n) is 4.40. The van der Waals surface area contributed by atoms with Gasteiger partial charge >= 0.3 is 0 Å². The van der Waals surface area contributed by atoms with Crippen LogP contribution in [0, 0.1) is 24.4 Å². The zero-order valence-corrected chi connectivity index (χ0v) is 10.7. The van der Waals surface area contributed by atoms with Crippen LogP contribution < -0.4 is 5.32 Å². The van der Waals surface area contributed by atoms with Crippen molar-refractivity contribution >= 4 is 0 Å². The van der Waals surface area contributed by atoms with Crippen molar-refractivity contribution in [2.45, 2.75) is 13.0 Å². The Morgan fingerprint density at radius 3 is 2.26 bits per heavy atom. The molecule has 0 aliphatic carbocycles. The summed E-state index contributed by atoms with van der Waals surface area (Å²) in [6.07, 6.45) is 0. The highest BCUT2D eigenvalue weighted by molar-refractivity contribution is 5.35. The first-order valence-electron chi connectivity index (χ1n) is 5.91. The van der Waals surface area contributed by atoms with E-state index in [9.17, 15) is 13.2 Å². The number of benzene rings is 2. The first-order valence-corrected chi connectivity index (χ1v) is 5.91. The van der Waals surface area contributed by atoms with E-state index in [4.69, 9.17) is 0 Å². The highest BCUT2D eigenvalue weighted by atomic mass is 19.1. The van der Waals surface area contributed by atoms with E-state index in [2.05, 4.69) is 5.32 Å². The lowest BCUT2D eigenvalue weighted by molar-refractivity contribution is 0.557. The van der Waals surface area contributed by atoms with Crippen LogP contribution >= 0.6 is 0 Å². The monoisotopic (exact) mass is 265 g/mol. The molecule has 0 fully saturated rings. The van der Waals surface area contributed by atoms with Crippen LogP contribution in [0.1, 0.15) is 22.7 Å². The largest absolute Gasteiger partial charge is 0.309 e. The van der Waals surface area contributed by atoms with Gasteiger partial charge in [0.1, 0.15) is 17.5 Å². The van der Waals surface area contributed by atoms with Crippen molar-refractivity contribution in [2.75, 3.05) is 7.05 Å². The molecule has 1 N–H and O–H groups in total. The molecule has 0 bridgehead atoms. The third-order valence-electron chi connectivity index (χ3n) is 3.07. The topological polar surface area (TPSA) is 12.0 Å². The predicted molar refractivity (Wildman–Crippen MR) is 68.4 cm³/mol. The third-order valence-corrected chi connectivity index (χ3v) is 3.07. The normalized spacial score (nSPS) is 12.5. The van der Waals surface area contributed by atoms with Crippen LogP contribution in [0.5, 0.6) is 0 Å². The summed E-state index contributed by atoms with van der Waals surface area (Å²) >= 11 is 0. The Hall–Kier alpha value is -1.81. The van der Waals surface area contributed by atoms with Crippen molar-refractivity contribution in [2.24, 2.45) is 0 Å². The molecule has 4 heteroatoms. The first-order chi connectivity index (χ1) is 9.02. The SMILES string of the molecule is CNC(c1ccc(F)c(C)c1)c1cc(F)ccc1F. The molecule has 19 heavy (non-hydrogen) atoms. The van der Waals surface area contributed by atoms with Gasteiger partial charge in [0.05, 0.1) is 6.04 Å². The predicted octanol–water partition coefficient (Wildman–Crippen LogP) is 3.72. The molecule has 0 aliphatic rings. The van der Waals surface area contributed by atoms with Gasteiger partial charge in [-0.05, 0) is 49.4 Å². The van der Waals surface area contributed by atoms with Crippen LogP contribution in [0.25, 0.3) is 0 Å². The molecular weight excluding hydrogens is 251 g/mol. The Balaban J connectivity index is 2.49. The summed E-state index contributed by atoms with van der Waals surface area (Å²) < 4.78 is 40.3. The standard InChI is InChI=1S/C15H14F3N/c1-9-7-10(3-5-13(9)17)15(19-2)12-8-11(16)4-6-14(12)18/h3-8,15,19H,1-2H3. The van der Waals surface area contributed by atoms with Gasteiger partial charge in [-0.1, -0.05) is 12.1 Å². The summed E-state index contributed by atoms with van der Waals surface area (Å²) in [4.78, 5) is 0. The second kappa shape index (κ2) is 5.45. The van der Waals surface area contributed by atoms with E-state index in [1.807, 2.05) is 0 Å². The number of nitrogens with one attached hydrogen (secondary N) is 1. The van der Waals surface area contributed by atoms with Crippen molar-refractivity contribution in [1.82, 2.24) is 5.32 Å². The molecule has 0 amide bonds. The summed E-state index contributed by atoms with van der Waals surface area (Å²) in [5.74, 6) is -1.32. The van der Waals surface area contributed by atoms with E-state index in [1.54, 1.807) is 26.1 Å². The zero-order valence-electron chi connectivity index (χ0n) is 10.7. The van der Waals surface area contributed by atoms with Gasteiger partial charge in [-0.2, -0.15) is 0 Å². The molecule has 0 aromatic heterocycles. The van der Waals surface area contributed by atoms with Crippen LogP contribution in [-0.2, 0) is 0 Å². The number of hydrogen-bond donors (Lipinski definition) is 1. The first kappa shape index (κ1) is 13.6. The molecule has 0 saturated heterocycles. The van der Waals surface area contributed by atoms with Gasteiger partial charge in [-0.25, -0.2) is 13.2 Å². The van der Waals surface area contributed by atoms with Gasteiger partial charge in [-0.15, -0.1) is 0 Å². The quantitative estimate of drug-likeness (QED) is 0.891. The van der Waals surface area contributed by atoms with Gasteiger partial charge in [0, 0.05) is 5.56 Å². The highest BCUT2D eigenvalue weighted by Gasteiger charge is 2.17. The Bertz CT molecular complexity index is 596. The lowest BCUT2D eigenvalue weighted by Crippen LogP contribution is -2.19. The van der Waals surface area contributed by atoms with Gasteiger partial charge in [0.25, 0.3) is 0 Å². The maximum Gasteiger partial charge on any atom is 0.128 e. The average molecular weight is 265 g/mol. The van der Waals surface area contributed by atoms with Gasteiger partial charge < -0.3 is 5.32 Å². The van der Waals surface area contributed by atoms with E-state index >= 15 is 0 Å². The maximum absolute atomic E-state index is 13.8. The minimum Gasteiger partial charge on any atom is -0.309 e. The zero-order chi connectivity index (χ0) is 14.0. The van der Waals surface area contributed by atoms with Crippen molar-refractivity contribution in [3.8, 4) is 0 Å². The van der Waals surface area contributed by atoms with Gasteiger partial charge in [0.2, 0.25) is 0 Å². The molecule has 2 aromatic rings. The van der Waals surface area contributed by atoms with Crippen LogP contribution in [0.2, 0.25) is 0 Å². The van der Waals surface area contributed by atoms with Gasteiger partial charge in [0.15, 0.2) is 0 Å². The Kier molecular flexibility index (Phi) is 3.90. The minimum absolute atomic E-state index is 0.202. The van der Waals surface area contributed by atoms with Gasteiger partial charge in [-0.3, -0.25) is 0 Å². The molecular formula is C15H14F3N. The Labute approximate surface area is 110 Å². The van der Waals surface area contributed by atoms with Crippen LogP contribution in [0.15, 0.2) is 36.4 Å². The molecule has 0 spiro atoms. The lowest BCUT2D eigenvalue weighted by atomic mass is 9.97. The molecule has 1 atom stereocenters.